The number of aromatic nitrogens is 3. The van der Waals surface area contributed by atoms with E-state index in [-0.39, 0.29) is 18.6 Å². The number of hydrogen-bond donors (Lipinski definition) is 1. The number of anilines is 1. The highest BCUT2D eigenvalue weighted by atomic mass is 16.5. The average molecular weight is 346 g/mol. The molecule has 2 aromatic heterocycles. The van der Waals surface area contributed by atoms with Crippen molar-refractivity contribution in [2.45, 2.75) is 13.0 Å². The Kier molecular flexibility index (Phi) is 4.01. The zero-order valence-electron chi connectivity index (χ0n) is 14.3. The van der Waals surface area contributed by atoms with Crippen LogP contribution >= 0.6 is 0 Å². The summed E-state index contributed by atoms with van der Waals surface area (Å²) in [4.78, 5) is 21.7. The minimum atomic E-state index is -0.382. The molecule has 0 bridgehead atoms. The molecule has 1 aliphatic rings. The van der Waals surface area contributed by atoms with E-state index >= 15 is 0 Å². The quantitative estimate of drug-likeness (QED) is 0.579. The molecule has 0 saturated heterocycles. The fourth-order valence-corrected chi connectivity index (χ4v) is 3.29. The molecule has 0 unspecified atom stereocenters. The minimum Gasteiger partial charge on any atom is -0.458 e. The van der Waals surface area contributed by atoms with Crippen LogP contribution in [0.2, 0.25) is 0 Å². The summed E-state index contributed by atoms with van der Waals surface area (Å²) >= 11 is 0. The summed E-state index contributed by atoms with van der Waals surface area (Å²) in [5.74, 6) is 0.310. The topological polar surface area (TPSA) is 69.0 Å². The number of fused-ring (bicyclic) bond motifs is 3. The number of nitrogens with one attached hydrogen (secondary N) is 1. The van der Waals surface area contributed by atoms with Gasteiger partial charge in [-0.05, 0) is 30.7 Å². The molecular formula is C20H18N4O2. The number of nitrogens with zero attached hydrogens (tertiary/aromatic N) is 3. The fraction of sp³-hybridized carbons (Fsp3) is 0.150. The summed E-state index contributed by atoms with van der Waals surface area (Å²) in [6, 6.07) is 11.3. The smallest absolute Gasteiger partial charge is 0.338 e. The highest BCUT2D eigenvalue weighted by molar-refractivity contribution is 5.94. The van der Waals surface area contributed by atoms with Crippen molar-refractivity contribution in [2.75, 3.05) is 11.9 Å². The molecule has 0 radical (unpaired) electrons. The average Bonchev–Trinajstić information content (AvgIpc) is 3.03. The van der Waals surface area contributed by atoms with E-state index in [1.807, 2.05) is 47.9 Å². The highest BCUT2D eigenvalue weighted by Gasteiger charge is 2.34. The zero-order chi connectivity index (χ0) is 18.1. The van der Waals surface area contributed by atoms with Gasteiger partial charge in [-0.3, -0.25) is 9.55 Å². The number of carbonyl (C=O) groups is 1. The summed E-state index contributed by atoms with van der Waals surface area (Å²) in [5.41, 5.74) is 3.94. The van der Waals surface area contributed by atoms with Gasteiger partial charge < -0.3 is 10.1 Å². The second kappa shape index (κ2) is 6.48. The Bertz CT molecular complexity index is 1020. The molecule has 1 atom stereocenters. The Morgan fingerprint density at radius 3 is 2.96 bits per heavy atom. The third-order valence-corrected chi connectivity index (χ3v) is 4.38. The molecule has 6 heteroatoms. The van der Waals surface area contributed by atoms with E-state index in [4.69, 9.17) is 4.74 Å². The number of carbonyl (C=O) groups excluding carboxylic acids is 1. The van der Waals surface area contributed by atoms with Crippen LogP contribution in [0.1, 0.15) is 18.5 Å². The second-order valence-electron chi connectivity index (χ2n) is 6.03. The molecule has 6 nitrogen and oxygen atoms in total. The van der Waals surface area contributed by atoms with Gasteiger partial charge in [0.15, 0.2) is 0 Å². The van der Waals surface area contributed by atoms with Crippen LogP contribution < -0.4 is 5.32 Å². The first kappa shape index (κ1) is 16.1. The minimum absolute atomic E-state index is 0.160. The lowest BCUT2D eigenvalue weighted by atomic mass is 9.96. The van der Waals surface area contributed by atoms with Crippen LogP contribution in [-0.4, -0.2) is 27.1 Å². The van der Waals surface area contributed by atoms with Crippen molar-refractivity contribution in [3.63, 3.8) is 0 Å². The van der Waals surface area contributed by atoms with Crippen molar-refractivity contribution in [1.29, 1.82) is 0 Å². The molecule has 0 aliphatic carbocycles. The van der Waals surface area contributed by atoms with Gasteiger partial charge in [0.25, 0.3) is 0 Å². The van der Waals surface area contributed by atoms with Crippen LogP contribution in [0.5, 0.6) is 0 Å². The van der Waals surface area contributed by atoms with E-state index in [2.05, 4.69) is 21.9 Å². The third kappa shape index (κ3) is 2.56. The van der Waals surface area contributed by atoms with Gasteiger partial charge >= 0.3 is 5.97 Å². The van der Waals surface area contributed by atoms with Gasteiger partial charge in [0, 0.05) is 18.1 Å². The first-order valence-corrected chi connectivity index (χ1v) is 8.33. The Hall–Kier alpha value is -3.41. The number of pyridine rings is 1. The molecule has 26 heavy (non-hydrogen) atoms. The first-order valence-electron chi connectivity index (χ1n) is 8.33. The van der Waals surface area contributed by atoms with Crippen molar-refractivity contribution in [3.05, 3.63) is 78.3 Å². The van der Waals surface area contributed by atoms with Crippen LogP contribution in [0.15, 0.2) is 72.7 Å². The Morgan fingerprint density at radius 2 is 2.19 bits per heavy atom. The number of hydrogen-bond acceptors (Lipinski definition) is 5. The Labute approximate surface area is 150 Å². The molecule has 0 amide bonds. The van der Waals surface area contributed by atoms with Gasteiger partial charge in [-0.25, -0.2) is 9.78 Å². The van der Waals surface area contributed by atoms with Crippen LogP contribution in [0.25, 0.3) is 11.0 Å². The number of benzene rings is 1. The van der Waals surface area contributed by atoms with E-state index in [1.54, 1.807) is 18.5 Å². The molecule has 4 rings (SSSR count). The summed E-state index contributed by atoms with van der Waals surface area (Å²) in [5, 5.41) is 3.24. The third-order valence-electron chi connectivity index (χ3n) is 4.38. The molecule has 1 aliphatic heterocycles. The van der Waals surface area contributed by atoms with Gasteiger partial charge in [0.2, 0.25) is 5.95 Å². The molecule has 1 aromatic carbocycles. The van der Waals surface area contributed by atoms with E-state index < -0.39 is 0 Å². The van der Waals surface area contributed by atoms with E-state index in [0.717, 1.165) is 22.3 Å². The maximum Gasteiger partial charge on any atom is 0.338 e. The van der Waals surface area contributed by atoms with Crippen molar-refractivity contribution in [3.8, 4) is 0 Å². The normalized spacial score (nSPS) is 16.1. The maximum atomic E-state index is 12.8. The van der Waals surface area contributed by atoms with Crippen molar-refractivity contribution >= 4 is 23.0 Å². The largest absolute Gasteiger partial charge is 0.458 e. The lowest BCUT2D eigenvalue weighted by Crippen LogP contribution is -2.29. The van der Waals surface area contributed by atoms with Gasteiger partial charge in [0.1, 0.15) is 6.61 Å². The first-order chi connectivity index (χ1) is 12.7. The molecule has 1 N–H and O–H groups in total. The molecule has 130 valence electrons. The number of para-hydroxylation sites is 2. The standard InChI is InChI=1S/C20H18N4O2/c1-3-11-26-19(25)17-13(2)22-20-23-15-8-4-5-9-16(15)24(20)18(17)14-7-6-10-21-12-14/h3-10,12,18H,1,11H2,2H3,(H,22,23)/t18-/m0/s1. The summed E-state index contributed by atoms with van der Waals surface area (Å²) in [6.07, 6.45) is 5.04. The lowest BCUT2D eigenvalue weighted by Gasteiger charge is -2.29. The molecule has 0 saturated carbocycles. The molecule has 0 fully saturated rings. The van der Waals surface area contributed by atoms with Crippen molar-refractivity contribution < 1.29 is 9.53 Å². The van der Waals surface area contributed by atoms with Crippen LogP contribution in [0.3, 0.4) is 0 Å². The Morgan fingerprint density at radius 1 is 1.35 bits per heavy atom. The number of rotatable bonds is 4. The van der Waals surface area contributed by atoms with Gasteiger partial charge in [0.05, 0.1) is 22.6 Å². The van der Waals surface area contributed by atoms with Gasteiger partial charge in [-0.15, -0.1) is 0 Å². The van der Waals surface area contributed by atoms with Gasteiger partial charge in [-0.2, -0.15) is 0 Å². The monoisotopic (exact) mass is 346 g/mol. The molecule has 3 heterocycles. The van der Waals surface area contributed by atoms with Crippen LogP contribution in [0.4, 0.5) is 5.95 Å². The van der Waals surface area contributed by atoms with E-state index in [1.165, 1.54) is 0 Å². The summed E-state index contributed by atoms with van der Waals surface area (Å²) in [7, 11) is 0. The predicted molar refractivity (Wildman–Crippen MR) is 99.6 cm³/mol. The summed E-state index contributed by atoms with van der Waals surface area (Å²) in [6.45, 7) is 5.63. The Balaban J connectivity index is 1.94. The number of allylic oxidation sites excluding steroid dienone is 1. The molecular weight excluding hydrogens is 328 g/mol. The van der Waals surface area contributed by atoms with Crippen LogP contribution in [-0.2, 0) is 9.53 Å². The fourth-order valence-electron chi connectivity index (χ4n) is 3.29. The number of esters is 1. The lowest BCUT2D eigenvalue weighted by molar-refractivity contribution is -0.138. The number of ether oxygens (including phenoxy) is 1. The van der Waals surface area contributed by atoms with Crippen molar-refractivity contribution in [1.82, 2.24) is 14.5 Å². The van der Waals surface area contributed by atoms with Gasteiger partial charge in [-0.1, -0.05) is 30.9 Å². The molecule has 0 spiro atoms. The van der Waals surface area contributed by atoms with Crippen molar-refractivity contribution in [2.24, 2.45) is 0 Å². The maximum absolute atomic E-state index is 12.8. The molecule has 3 aromatic rings. The van der Waals surface area contributed by atoms with Crippen LogP contribution in [0, 0.1) is 0 Å². The SMILES string of the molecule is C=CCOC(=O)C1=C(C)Nc2nc3ccccc3n2[C@H]1c1cccnc1. The summed E-state index contributed by atoms with van der Waals surface area (Å²) < 4.78 is 7.37. The van der Waals surface area contributed by atoms with E-state index in [0.29, 0.717) is 11.5 Å². The highest BCUT2D eigenvalue weighted by Crippen LogP contribution is 2.39. The number of imidazole rings is 1. The zero-order valence-corrected chi connectivity index (χ0v) is 14.3. The second-order valence-corrected chi connectivity index (χ2v) is 6.03. The van der Waals surface area contributed by atoms with E-state index in [9.17, 15) is 4.79 Å². The predicted octanol–water partition coefficient (Wildman–Crippen LogP) is 3.45.